The van der Waals surface area contributed by atoms with Crippen LogP contribution in [0.2, 0.25) is 0 Å². The van der Waals surface area contributed by atoms with Gasteiger partial charge in [0.05, 0.1) is 0 Å². The molecule has 0 fully saturated rings. The average Bonchev–Trinajstić information content (AvgIpc) is 2.60. The van der Waals surface area contributed by atoms with Crippen LogP contribution < -0.4 is 4.74 Å². The largest absolute Gasteiger partial charge is 0.489 e. The van der Waals surface area contributed by atoms with Crippen LogP contribution in [0, 0.1) is 11.8 Å². The molecule has 0 heterocycles. The fraction of sp³-hybridized carbons (Fsp3) is 0.435. The molecule has 0 saturated carbocycles. The number of amides is 1. The number of rotatable bonds is 9. The van der Waals surface area contributed by atoms with E-state index in [1.54, 1.807) is 0 Å². The second kappa shape index (κ2) is 10.0. The maximum absolute atomic E-state index is 12.6. The maximum atomic E-state index is 12.6. The Balaban J connectivity index is 2.02. The molecule has 0 radical (unpaired) electrons. The Morgan fingerprint density at radius 3 is 2.27 bits per heavy atom. The molecule has 3 nitrogen and oxygen atoms in total. The van der Waals surface area contributed by atoms with Crippen LogP contribution in [0.1, 0.15) is 45.2 Å². The molecular weight excluding hydrogens is 322 g/mol. The molecule has 0 unspecified atom stereocenters. The van der Waals surface area contributed by atoms with Gasteiger partial charge in [0.25, 0.3) is 0 Å². The van der Waals surface area contributed by atoms with Crippen LogP contribution in [0.15, 0.2) is 54.6 Å². The summed E-state index contributed by atoms with van der Waals surface area (Å²) in [6, 6.07) is 18.2. The Hall–Kier alpha value is -2.29. The fourth-order valence-electron chi connectivity index (χ4n) is 2.87. The number of benzene rings is 2. The van der Waals surface area contributed by atoms with Gasteiger partial charge in [0.2, 0.25) is 5.91 Å². The lowest BCUT2D eigenvalue weighted by atomic mass is 10.1. The lowest BCUT2D eigenvalue weighted by molar-refractivity contribution is -0.133. The van der Waals surface area contributed by atoms with Gasteiger partial charge in [-0.25, -0.2) is 0 Å². The quantitative estimate of drug-likeness (QED) is 0.612. The van der Waals surface area contributed by atoms with E-state index in [0.29, 0.717) is 31.4 Å². The summed E-state index contributed by atoms with van der Waals surface area (Å²) >= 11 is 0. The van der Waals surface area contributed by atoms with Gasteiger partial charge in [-0.05, 0) is 35.1 Å². The van der Waals surface area contributed by atoms with Crippen molar-refractivity contribution in [3.63, 3.8) is 0 Å². The van der Waals surface area contributed by atoms with E-state index < -0.39 is 0 Å². The molecule has 0 aromatic heterocycles. The van der Waals surface area contributed by atoms with Gasteiger partial charge >= 0.3 is 0 Å². The summed E-state index contributed by atoms with van der Waals surface area (Å²) in [4.78, 5) is 14.6. The first-order valence-corrected chi connectivity index (χ1v) is 9.47. The van der Waals surface area contributed by atoms with Gasteiger partial charge in [-0.1, -0.05) is 70.2 Å². The molecule has 0 saturated heterocycles. The van der Waals surface area contributed by atoms with E-state index in [1.807, 2.05) is 41.3 Å². The molecular formula is C23H31NO2. The molecule has 1 amide bonds. The van der Waals surface area contributed by atoms with Crippen LogP contribution >= 0.6 is 0 Å². The van der Waals surface area contributed by atoms with Crippen molar-refractivity contribution in [3.8, 4) is 5.75 Å². The minimum Gasteiger partial charge on any atom is -0.489 e. The van der Waals surface area contributed by atoms with E-state index in [1.165, 1.54) is 0 Å². The van der Waals surface area contributed by atoms with Crippen LogP contribution in [0.25, 0.3) is 0 Å². The van der Waals surface area contributed by atoms with E-state index in [9.17, 15) is 4.79 Å². The summed E-state index contributed by atoms with van der Waals surface area (Å²) in [7, 11) is 0. The zero-order valence-corrected chi connectivity index (χ0v) is 16.4. The van der Waals surface area contributed by atoms with Gasteiger partial charge in [0.1, 0.15) is 12.4 Å². The standard InChI is InChI=1S/C23H31NO2/c1-18(2)13-23(25)24(15-19(3)4)16-21-11-8-12-22(14-21)26-17-20-9-6-5-7-10-20/h5-12,14,18-19H,13,15-17H2,1-4H3. The van der Waals surface area contributed by atoms with Crippen LogP contribution in [0.3, 0.4) is 0 Å². The summed E-state index contributed by atoms with van der Waals surface area (Å²) in [6.45, 7) is 10.4. The Bertz CT molecular complexity index is 680. The molecule has 0 aliphatic heterocycles. The topological polar surface area (TPSA) is 29.5 Å². The highest BCUT2D eigenvalue weighted by Gasteiger charge is 2.16. The predicted octanol–water partition coefficient (Wildman–Crippen LogP) is 5.30. The summed E-state index contributed by atoms with van der Waals surface area (Å²) in [5, 5.41) is 0. The molecule has 0 atom stereocenters. The highest BCUT2D eigenvalue weighted by molar-refractivity contribution is 5.76. The Morgan fingerprint density at radius 2 is 1.62 bits per heavy atom. The zero-order valence-electron chi connectivity index (χ0n) is 16.4. The molecule has 0 N–H and O–H groups in total. The number of ether oxygens (including phenoxy) is 1. The second-order valence-electron chi connectivity index (χ2n) is 7.69. The zero-order chi connectivity index (χ0) is 18.9. The third-order valence-electron chi connectivity index (χ3n) is 4.04. The van der Waals surface area contributed by atoms with Crippen molar-refractivity contribution in [2.75, 3.05) is 6.54 Å². The van der Waals surface area contributed by atoms with Crippen molar-refractivity contribution < 1.29 is 9.53 Å². The molecule has 0 aliphatic carbocycles. The van der Waals surface area contributed by atoms with E-state index in [2.05, 4.69) is 45.9 Å². The molecule has 2 aromatic carbocycles. The van der Waals surface area contributed by atoms with Crippen molar-refractivity contribution in [1.29, 1.82) is 0 Å². The van der Waals surface area contributed by atoms with Crippen LogP contribution in [0.5, 0.6) is 5.75 Å². The lowest BCUT2D eigenvalue weighted by Crippen LogP contribution is -2.34. The average molecular weight is 354 g/mol. The number of carbonyl (C=O) groups excluding carboxylic acids is 1. The molecule has 0 aliphatic rings. The molecule has 2 aromatic rings. The van der Waals surface area contributed by atoms with Crippen molar-refractivity contribution in [2.24, 2.45) is 11.8 Å². The number of hydrogen-bond acceptors (Lipinski definition) is 2. The van der Waals surface area contributed by atoms with E-state index in [-0.39, 0.29) is 5.91 Å². The third kappa shape index (κ3) is 6.91. The number of hydrogen-bond donors (Lipinski definition) is 0. The van der Waals surface area contributed by atoms with Gasteiger partial charge in [0.15, 0.2) is 0 Å². The summed E-state index contributed by atoms with van der Waals surface area (Å²) < 4.78 is 5.92. The molecule has 2 rings (SSSR count). The molecule has 0 spiro atoms. The van der Waals surface area contributed by atoms with Crippen LogP contribution in [-0.4, -0.2) is 17.4 Å². The van der Waals surface area contributed by atoms with Gasteiger partial charge in [-0.3, -0.25) is 4.79 Å². The van der Waals surface area contributed by atoms with Crippen molar-refractivity contribution >= 4 is 5.91 Å². The first kappa shape index (κ1) is 20.0. The minimum atomic E-state index is 0.226. The summed E-state index contributed by atoms with van der Waals surface area (Å²) in [6.07, 6.45) is 0.594. The molecule has 0 bridgehead atoms. The Labute approximate surface area is 158 Å². The van der Waals surface area contributed by atoms with Crippen LogP contribution in [0.4, 0.5) is 0 Å². The van der Waals surface area contributed by atoms with Crippen LogP contribution in [-0.2, 0) is 17.9 Å². The van der Waals surface area contributed by atoms with Crippen molar-refractivity contribution in [2.45, 2.75) is 47.3 Å². The highest BCUT2D eigenvalue weighted by Crippen LogP contribution is 2.18. The first-order chi connectivity index (χ1) is 12.4. The fourth-order valence-corrected chi connectivity index (χ4v) is 2.87. The van der Waals surface area contributed by atoms with Crippen molar-refractivity contribution in [3.05, 3.63) is 65.7 Å². The normalized spacial score (nSPS) is 11.0. The van der Waals surface area contributed by atoms with Gasteiger partial charge in [-0.2, -0.15) is 0 Å². The first-order valence-electron chi connectivity index (χ1n) is 9.47. The maximum Gasteiger partial charge on any atom is 0.223 e. The highest BCUT2D eigenvalue weighted by atomic mass is 16.5. The number of nitrogens with zero attached hydrogens (tertiary/aromatic N) is 1. The molecule has 26 heavy (non-hydrogen) atoms. The SMILES string of the molecule is CC(C)CC(=O)N(Cc1cccc(OCc2ccccc2)c1)CC(C)C. The number of carbonyl (C=O) groups is 1. The smallest absolute Gasteiger partial charge is 0.223 e. The monoisotopic (exact) mass is 353 g/mol. The van der Waals surface area contributed by atoms with Gasteiger partial charge < -0.3 is 9.64 Å². The van der Waals surface area contributed by atoms with E-state index in [4.69, 9.17) is 4.74 Å². The van der Waals surface area contributed by atoms with E-state index >= 15 is 0 Å². The van der Waals surface area contributed by atoms with Crippen molar-refractivity contribution in [1.82, 2.24) is 4.90 Å². The predicted molar refractivity (Wildman–Crippen MR) is 107 cm³/mol. The lowest BCUT2D eigenvalue weighted by Gasteiger charge is -2.26. The van der Waals surface area contributed by atoms with E-state index in [0.717, 1.165) is 23.4 Å². The van der Waals surface area contributed by atoms with Gasteiger partial charge in [0, 0.05) is 19.5 Å². The molecule has 3 heteroatoms. The summed E-state index contributed by atoms with van der Waals surface area (Å²) in [5.41, 5.74) is 2.25. The Kier molecular flexibility index (Phi) is 7.71. The molecule has 140 valence electrons. The third-order valence-corrected chi connectivity index (χ3v) is 4.04. The minimum absolute atomic E-state index is 0.226. The van der Waals surface area contributed by atoms with Gasteiger partial charge in [-0.15, -0.1) is 0 Å². The second-order valence-corrected chi connectivity index (χ2v) is 7.69. The summed E-state index contributed by atoms with van der Waals surface area (Å²) in [5.74, 6) is 1.89. The Morgan fingerprint density at radius 1 is 0.923 bits per heavy atom.